The lowest BCUT2D eigenvalue weighted by molar-refractivity contribution is 0.0980. The summed E-state index contributed by atoms with van der Waals surface area (Å²) in [5.41, 5.74) is 2.83. The molecule has 3 rings (SSSR count). The summed E-state index contributed by atoms with van der Waals surface area (Å²) in [6.45, 7) is 0. The van der Waals surface area contributed by atoms with Crippen molar-refractivity contribution in [1.82, 2.24) is 0 Å². The van der Waals surface area contributed by atoms with Crippen LogP contribution in [0.3, 0.4) is 0 Å². The van der Waals surface area contributed by atoms with Crippen LogP contribution in [-0.2, 0) is 0 Å². The zero-order valence-corrected chi connectivity index (χ0v) is 11.2. The molecule has 2 aromatic carbocycles. The Balaban J connectivity index is 2.03. The fourth-order valence-electron chi connectivity index (χ4n) is 2.24. The second-order valence-corrected chi connectivity index (χ2v) is 5.73. The highest BCUT2D eigenvalue weighted by Gasteiger charge is 2.16. The predicted octanol–water partition coefficient (Wildman–Crippen LogP) is 4.56. The maximum absolute atomic E-state index is 12.9. The van der Waals surface area contributed by atoms with Crippen molar-refractivity contribution in [3.05, 3.63) is 53.8 Å². The molecule has 0 saturated carbocycles. The molecule has 1 aliphatic heterocycles. The molecular weight excluding hydrogens is 259 g/mol. The lowest BCUT2D eigenvalue weighted by Gasteiger charge is -2.08. The number of Topliss-reactive ketones (excluding diaryl/α,β-unsaturated/α-hetero) is 1. The monoisotopic (exact) mass is 272 g/mol. The topological polar surface area (TPSA) is 17.1 Å². The van der Waals surface area contributed by atoms with Gasteiger partial charge < -0.3 is 0 Å². The van der Waals surface area contributed by atoms with Crippen molar-refractivity contribution in [3.8, 4) is 11.1 Å². The van der Waals surface area contributed by atoms with Gasteiger partial charge in [0.25, 0.3) is 0 Å². The number of benzene rings is 2. The highest BCUT2D eigenvalue weighted by atomic mass is 32.2. The molecule has 0 radical (unpaired) electrons. The Morgan fingerprint density at radius 3 is 2.53 bits per heavy atom. The van der Waals surface area contributed by atoms with E-state index in [-0.39, 0.29) is 11.6 Å². The van der Waals surface area contributed by atoms with Gasteiger partial charge in [-0.05, 0) is 47.6 Å². The van der Waals surface area contributed by atoms with E-state index in [9.17, 15) is 9.18 Å². The number of thioether (sulfide) groups is 1. The molecule has 2 aromatic rings. The lowest BCUT2D eigenvalue weighted by atomic mass is 10.0. The van der Waals surface area contributed by atoms with Crippen LogP contribution in [0.15, 0.2) is 47.4 Å². The second kappa shape index (κ2) is 5.17. The molecule has 0 N–H and O–H groups in total. The Hall–Kier alpha value is -1.61. The summed E-state index contributed by atoms with van der Waals surface area (Å²) >= 11 is 1.73. The van der Waals surface area contributed by atoms with Gasteiger partial charge in [-0.15, -0.1) is 11.8 Å². The van der Waals surface area contributed by atoms with E-state index in [1.807, 2.05) is 18.2 Å². The van der Waals surface area contributed by atoms with Gasteiger partial charge in [0.1, 0.15) is 5.82 Å². The third-order valence-electron chi connectivity index (χ3n) is 3.27. The van der Waals surface area contributed by atoms with Crippen LogP contribution in [0.2, 0.25) is 0 Å². The second-order valence-electron chi connectivity index (χ2n) is 4.59. The molecule has 0 bridgehead atoms. The predicted molar refractivity (Wildman–Crippen MR) is 76.1 cm³/mol. The van der Waals surface area contributed by atoms with Gasteiger partial charge in [0.15, 0.2) is 5.78 Å². The normalized spacial score (nSPS) is 14.9. The first-order valence-electron chi connectivity index (χ1n) is 6.30. The third-order valence-corrected chi connectivity index (χ3v) is 4.41. The summed E-state index contributed by atoms with van der Waals surface area (Å²) in [6.07, 6.45) is 1.57. The molecule has 96 valence electrons. The zero-order chi connectivity index (χ0) is 13.2. The molecule has 0 unspecified atom stereocenters. The first-order valence-corrected chi connectivity index (χ1v) is 7.28. The van der Waals surface area contributed by atoms with E-state index in [0.29, 0.717) is 6.42 Å². The van der Waals surface area contributed by atoms with E-state index in [0.717, 1.165) is 33.8 Å². The number of rotatable bonds is 1. The van der Waals surface area contributed by atoms with Crippen LogP contribution in [-0.4, -0.2) is 11.5 Å². The number of carbonyl (C=O) groups excluding carboxylic acids is 1. The van der Waals surface area contributed by atoms with Crippen LogP contribution in [0.1, 0.15) is 23.2 Å². The van der Waals surface area contributed by atoms with Crippen LogP contribution in [0.25, 0.3) is 11.1 Å². The van der Waals surface area contributed by atoms with Gasteiger partial charge in [-0.25, -0.2) is 4.39 Å². The minimum absolute atomic E-state index is 0.227. The van der Waals surface area contributed by atoms with Crippen LogP contribution in [0, 0.1) is 5.82 Å². The van der Waals surface area contributed by atoms with Crippen LogP contribution < -0.4 is 0 Å². The van der Waals surface area contributed by atoms with Crippen LogP contribution in [0.5, 0.6) is 0 Å². The molecule has 0 saturated heterocycles. The smallest absolute Gasteiger partial charge is 0.164 e. The average molecular weight is 272 g/mol. The lowest BCUT2D eigenvalue weighted by Crippen LogP contribution is -1.98. The van der Waals surface area contributed by atoms with Gasteiger partial charge in [-0.2, -0.15) is 0 Å². The molecule has 1 aliphatic rings. The quantitative estimate of drug-likeness (QED) is 0.757. The summed E-state index contributed by atoms with van der Waals surface area (Å²) in [5, 5.41) is 0. The highest BCUT2D eigenvalue weighted by molar-refractivity contribution is 7.99. The molecule has 0 fully saturated rings. The van der Waals surface area contributed by atoms with Crippen molar-refractivity contribution in [3.63, 3.8) is 0 Å². The summed E-state index contributed by atoms with van der Waals surface area (Å²) in [5.74, 6) is 0.972. The van der Waals surface area contributed by atoms with Gasteiger partial charge in [0, 0.05) is 16.9 Å². The fraction of sp³-hybridized carbons (Fsp3) is 0.188. The van der Waals surface area contributed by atoms with Crippen molar-refractivity contribution >= 4 is 17.5 Å². The molecule has 1 heterocycles. The number of fused-ring (bicyclic) bond motifs is 1. The van der Waals surface area contributed by atoms with Gasteiger partial charge in [-0.1, -0.05) is 18.2 Å². The maximum atomic E-state index is 12.9. The summed E-state index contributed by atoms with van der Waals surface area (Å²) in [7, 11) is 0. The molecule has 0 spiro atoms. The SMILES string of the molecule is O=C1CCCSc2cc(-c3ccc(F)cc3)ccc21. The van der Waals surface area contributed by atoms with E-state index < -0.39 is 0 Å². The van der Waals surface area contributed by atoms with Crippen LogP contribution in [0.4, 0.5) is 4.39 Å². The molecule has 0 amide bonds. The largest absolute Gasteiger partial charge is 0.294 e. The number of ketones is 1. The molecule has 19 heavy (non-hydrogen) atoms. The van der Waals surface area contributed by atoms with Gasteiger partial charge >= 0.3 is 0 Å². The molecule has 3 heteroatoms. The molecule has 1 nitrogen and oxygen atoms in total. The van der Waals surface area contributed by atoms with E-state index in [1.165, 1.54) is 12.1 Å². The third kappa shape index (κ3) is 2.56. The number of hydrogen-bond acceptors (Lipinski definition) is 2. The van der Waals surface area contributed by atoms with Crippen molar-refractivity contribution in [2.75, 3.05) is 5.75 Å². The Bertz CT molecular complexity index is 619. The molecular formula is C16H13FOS. The Morgan fingerprint density at radius 1 is 1.00 bits per heavy atom. The molecule has 0 aliphatic carbocycles. The van der Waals surface area contributed by atoms with Crippen molar-refractivity contribution < 1.29 is 9.18 Å². The fourth-order valence-corrected chi connectivity index (χ4v) is 3.30. The van der Waals surface area contributed by atoms with Gasteiger partial charge in [0.2, 0.25) is 0 Å². The zero-order valence-electron chi connectivity index (χ0n) is 10.4. The van der Waals surface area contributed by atoms with E-state index in [2.05, 4.69) is 0 Å². The van der Waals surface area contributed by atoms with Crippen molar-refractivity contribution in [2.24, 2.45) is 0 Å². The minimum atomic E-state index is -0.233. The van der Waals surface area contributed by atoms with Crippen LogP contribution >= 0.6 is 11.8 Å². The first-order chi connectivity index (χ1) is 9.24. The molecule has 0 aromatic heterocycles. The number of halogens is 1. The van der Waals surface area contributed by atoms with Crippen molar-refractivity contribution in [2.45, 2.75) is 17.7 Å². The average Bonchev–Trinajstić information content (AvgIpc) is 2.61. The highest BCUT2D eigenvalue weighted by Crippen LogP contribution is 2.32. The Kier molecular flexibility index (Phi) is 3.38. The first kappa shape index (κ1) is 12.4. The standard InChI is InChI=1S/C16H13FOS/c17-13-6-3-11(4-7-13)12-5-8-14-15(18)2-1-9-19-16(14)10-12/h3-8,10H,1-2,9H2. The van der Waals surface area contributed by atoms with Gasteiger partial charge in [-0.3, -0.25) is 4.79 Å². The van der Waals surface area contributed by atoms with E-state index in [4.69, 9.17) is 0 Å². The van der Waals surface area contributed by atoms with Crippen molar-refractivity contribution in [1.29, 1.82) is 0 Å². The molecule has 0 atom stereocenters. The summed E-state index contributed by atoms with van der Waals surface area (Å²) in [4.78, 5) is 13.0. The summed E-state index contributed by atoms with van der Waals surface area (Å²) in [6, 6.07) is 12.3. The number of hydrogen-bond donors (Lipinski definition) is 0. The number of carbonyl (C=O) groups is 1. The summed E-state index contributed by atoms with van der Waals surface area (Å²) < 4.78 is 12.9. The minimum Gasteiger partial charge on any atom is -0.294 e. The Labute approximate surface area is 115 Å². The van der Waals surface area contributed by atoms with E-state index in [1.54, 1.807) is 23.9 Å². The Morgan fingerprint density at radius 2 is 1.74 bits per heavy atom. The van der Waals surface area contributed by atoms with E-state index >= 15 is 0 Å². The van der Waals surface area contributed by atoms with Gasteiger partial charge in [0.05, 0.1) is 0 Å². The maximum Gasteiger partial charge on any atom is 0.164 e.